The van der Waals surface area contributed by atoms with Gasteiger partial charge in [0.2, 0.25) is 11.8 Å². The van der Waals surface area contributed by atoms with Crippen LogP contribution in [-0.2, 0) is 21.8 Å². The number of halogens is 1. The minimum atomic E-state index is -0.130. The van der Waals surface area contributed by atoms with E-state index in [0.717, 1.165) is 20.3 Å². The topological polar surface area (TPSA) is 71.1 Å². The number of carbonyl (C=O) groups excluding carboxylic acids is 2. The average Bonchev–Trinajstić information content (AvgIpc) is 3.09. The highest BCUT2D eigenvalue weighted by Crippen LogP contribution is 2.27. The summed E-state index contributed by atoms with van der Waals surface area (Å²) in [5, 5.41) is 7.45. The van der Waals surface area contributed by atoms with E-state index in [2.05, 4.69) is 43.7 Å². The van der Waals surface area contributed by atoms with Gasteiger partial charge in [-0.15, -0.1) is 11.3 Å². The first-order chi connectivity index (χ1) is 13.5. The van der Waals surface area contributed by atoms with Gasteiger partial charge < -0.3 is 10.6 Å². The van der Waals surface area contributed by atoms with Crippen LogP contribution in [0.1, 0.15) is 18.2 Å². The monoisotopic (exact) mass is 475 g/mol. The van der Waals surface area contributed by atoms with E-state index in [-0.39, 0.29) is 18.2 Å². The van der Waals surface area contributed by atoms with Crippen molar-refractivity contribution in [2.75, 3.05) is 10.6 Å². The summed E-state index contributed by atoms with van der Waals surface area (Å²) < 4.78 is 2.01. The Morgan fingerprint density at radius 2 is 1.68 bits per heavy atom. The molecular weight excluding hydrogens is 458 g/mol. The predicted octanol–water partition coefficient (Wildman–Crippen LogP) is 5.34. The van der Waals surface area contributed by atoms with Crippen LogP contribution in [0.3, 0.4) is 0 Å². The summed E-state index contributed by atoms with van der Waals surface area (Å²) in [7, 11) is 0. The molecule has 3 rings (SSSR count). The minimum Gasteiger partial charge on any atom is -0.326 e. The third-order valence-electron chi connectivity index (χ3n) is 3.64. The molecule has 1 heterocycles. The third kappa shape index (κ3) is 6.47. The Kier molecular flexibility index (Phi) is 7.24. The highest BCUT2D eigenvalue weighted by atomic mass is 79.9. The van der Waals surface area contributed by atoms with E-state index in [1.807, 2.05) is 17.5 Å². The Balaban J connectivity index is 1.49. The fourth-order valence-electron chi connectivity index (χ4n) is 2.37. The Labute approximate surface area is 180 Å². The SMILES string of the molecule is CC(=O)Nc1ccc(NC(=O)Cc2csc(SCc3ccc(Br)cc3)n2)cc1. The summed E-state index contributed by atoms with van der Waals surface area (Å²) in [6.45, 7) is 1.45. The van der Waals surface area contributed by atoms with Gasteiger partial charge >= 0.3 is 0 Å². The summed E-state index contributed by atoms with van der Waals surface area (Å²) in [5.41, 5.74) is 3.36. The first-order valence-corrected chi connectivity index (χ1v) is 11.1. The number of hydrogen-bond acceptors (Lipinski definition) is 5. The van der Waals surface area contributed by atoms with Crippen LogP contribution >= 0.6 is 39.0 Å². The Bertz CT molecular complexity index is 956. The molecule has 0 radical (unpaired) electrons. The molecule has 0 unspecified atom stereocenters. The quantitative estimate of drug-likeness (QED) is 0.452. The maximum Gasteiger partial charge on any atom is 0.230 e. The molecule has 3 aromatic rings. The second-order valence-electron chi connectivity index (χ2n) is 6.00. The molecule has 28 heavy (non-hydrogen) atoms. The molecule has 2 N–H and O–H groups in total. The lowest BCUT2D eigenvalue weighted by Crippen LogP contribution is -2.14. The van der Waals surface area contributed by atoms with E-state index in [1.165, 1.54) is 12.5 Å². The number of benzene rings is 2. The number of rotatable bonds is 7. The Morgan fingerprint density at radius 3 is 2.32 bits per heavy atom. The zero-order valence-corrected chi connectivity index (χ0v) is 18.3. The highest BCUT2D eigenvalue weighted by molar-refractivity contribution is 9.10. The van der Waals surface area contributed by atoms with Gasteiger partial charge in [0.15, 0.2) is 0 Å². The molecule has 8 heteroatoms. The number of hydrogen-bond donors (Lipinski definition) is 2. The summed E-state index contributed by atoms with van der Waals surface area (Å²) in [4.78, 5) is 27.8. The van der Waals surface area contributed by atoms with Crippen molar-refractivity contribution in [3.8, 4) is 0 Å². The molecule has 0 aliphatic carbocycles. The van der Waals surface area contributed by atoms with Gasteiger partial charge in [-0.1, -0.05) is 39.8 Å². The zero-order chi connectivity index (χ0) is 19.9. The molecule has 2 amide bonds. The molecule has 0 aliphatic heterocycles. The first-order valence-electron chi connectivity index (χ1n) is 8.47. The lowest BCUT2D eigenvalue weighted by molar-refractivity contribution is -0.116. The molecule has 0 aliphatic rings. The Hall–Kier alpha value is -2.16. The van der Waals surface area contributed by atoms with E-state index in [9.17, 15) is 9.59 Å². The van der Waals surface area contributed by atoms with Crippen molar-refractivity contribution in [1.29, 1.82) is 0 Å². The standard InChI is InChI=1S/C20H18BrN3O2S2/c1-13(25)22-16-6-8-17(9-7-16)23-19(26)10-18-12-28-20(24-18)27-11-14-2-4-15(21)5-3-14/h2-9,12H,10-11H2,1H3,(H,22,25)(H,23,26). The van der Waals surface area contributed by atoms with Gasteiger partial charge in [0.25, 0.3) is 0 Å². The van der Waals surface area contributed by atoms with Crippen LogP contribution in [0.5, 0.6) is 0 Å². The second kappa shape index (κ2) is 9.86. The maximum absolute atomic E-state index is 12.2. The average molecular weight is 476 g/mol. The number of amides is 2. The predicted molar refractivity (Wildman–Crippen MR) is 119 cm³/mol. The van der Waals surface area contributed by atoms with E-state index < -0.39 is 0 Å². The van der Waals surface area contributed by atoms with Gasteiger partial charge in [-0.05, 0) is 42.0 Å². The van der Waals surface area contributed by atoms with E-state index >= 15 is 0 Å². The number of carbonyl (C=O) groups is 2. The smallest absolute Gasteiger partial charge is 0.230 e. The zero-order valence-electron chi connectivity index (χ0n) is 15.1. The molecule has 0 fully saturated rings. The van der Waals surface area contributed by atoms with Crippen molar-refractivity contribution in [3.05, 3.63) is 69.6 Å². The molecule has 0 bridgehead atoms. The van der Waals surface area contributed by atoms with Gasteiger partial charge in [0, 0.05) is 33.9 Å². The van der Waals surface area contributed by atoms with Gasteiger partial charge in [0.05, 0.1) is 12.1 Å². The van der Waals surface area contributed by atoms with E-state index in [1.54, 1.807) is 47.4 Å². The molecule has 2 aromatic carbocycles. The van der Waals surface area contributed by atoms with Gasteiger partial charge in [-0.3, -0.25) is 9.59 Å². The van der Waals surface area contributed by atoms with Gasteiger partial charge in [0.1, 0.15) is 4.34 Å². The van der Waals surface area contributed by atoms with Gasteiger partial charge in [-0.2, -0.15) is 0 Å². The van der Waals surface area contributed by atoms with Crippen LogP contribution in [0.4, 0.5) is 11.4 Å². The minimum absolute atomic E-state index is 0.123. The van der Waals surface area contributed by atoms with E-state index in [0.29, 0.717) is 11.4 Å². The lowest BCUT2D eigenvalue weighted by atomic mass is 10.2. The Morgan fingerprint density at radius 1 is 1.04 bits per heavy atom. The molecule has 1 aromatic heterocycles. The van der Waals surface area contributed by atoms with Crippen LogP contribution in [0.2, 0.25) is 0 Å². The number of nitrogens with zero attached hydrogens (tertiary/aromatic N) is 1. The molecule has 5 nitrogen and oxygen atoms in total. The van der Waals surface area contributed by atoms with Crippen LogP contribution in [0.15, 0.2) is 62.7 Å². The normalized spacial score (nSPS) is 10.5. The molecule has 0 saturated carbocycles. The largest absolute Gasteiger partial charge is 0.326 e. The van der Waals surface area contributed by atoms with Crippen molar-refractivity contribution in [3.63, 3.8) is 0 Å². The summed E-state index contributed by atoms with van der Waals surface area (Å²) in [6, 6.07) is 15.2. The fourth-order valence-corrected chi connectivity index (χ4v) is 4.44. The molecular formula is C20H18BrN3O2S2. The number of nitrogens with one attached hydrogen (secondary N) is 2. The van der Waals surface area contributed by atoms with E-state index in [4.69, 9.17) is 0 Å². The lowest BCUT2D eigenvalue weighted by Gasteiger charge is -2.06. The van der Waals surface area contributed by atoms with Crippen molar-refractivity contribution in [1.82, 2.24) is 4.98 Å². The van der Waals surface area contributed by atoms with Crippen molar-refractivity contribution >= 4 is 62.2 Å². The summed E-state index contributed by atoms with van der Waals surface area (Å²) in [5.74, 6) is 0.587. The number of thioether (sulfide) groups is 1. The van der Waals surface area contributed by atoms with Crippen LogP contribution < -0.4 is 10.6 Å². The molecule has 0 saturated heterocycles. The van der Waals surface area contributed by atoms with Crippen molar-refractivity contribution in [2.45, 2.75) is 23.4 Å². The molecule has 0 atom stereocenters. The fraction of sp³-hybridized carbons (Fsp3) is 0.150. The third-order valence-corrected chi connectivity index (χ3v) is 6.31. The second-order valence-corrected chi connectivity index (χ2v) is 9.00. The number of thiazole rings is 1. The number of anilines is 2. The van der Waals surface area contributed by atoms with Crippen LogP contribution in [-0.4, -0.2) is 16.8 Å². The summed E-state index contributed by atoms with van der Waals surface area (Å²) >= 11 is 6.65. The molecule has 144 valence electrons. The van der Waals surface area contributed by atoms with Crippen LogP contribution in [0.25, 0.3) is 0 Å². The molecule has 0 spiro atoms. The van der Waals surface area contributed by atoms with Crippen molar-refractivity contribution in [2.24, 2.45) is 0 Å². The van der Waals surface area contributed by atoms with Gasteiger partial charge in [-0.25, -0.2) is 4.98 Å². The van der Waals surface area contributed by atoms with Crippen molar-refractivity contribution < 1.29 is 9.59 Å². The highest BCUT2D eigenvalue weighted by Gasteiger charge is 2.09. The maximum atomic E-state index is 12.2. The number of aromatic nitrogens is 1. The summed E-state index contributed by atoms with van der Waals surface area (Å²) in [6.07, 6.45) is 0.225. The first kappa shape index (κ1) is 20.6. The van der Waals surface area contributed by atoms with Crippen LogP contribution in [0, 0.1) is 0 Å².